The van der Waals surface area contributed by atoms with E-state index in [0.717, 1.165) is 27.8 Å². The van der Waals surface area contributed by atoms with Crippen molar-refractivity contribution < 1.29 is 4.79 Å². The van der Waals surface area contributed by atoms with Crippen LogP contribution in [0.15, 0.2) is 133 Å². The van der Waals surface area contributed by atoms with E-state index < -0.39 is 0 Å². The third kappa shape index (κ3) is 5.49. The third-order valence-electron chi connectivity index (χ3n) is 6.53. The minimum atomic E-state index is -0.0988. The average molecular weight is 510 g/mol. The lowest BCUT2D eigenvalue weighted by atomic mass is 9.80. The van der Waals surface area contributed by atoms with Gasteiger partial charge in [-0.05, 0) is 70.3 Å². The SMILES string of the molecule is N#Cc1ccc(/C=C(/C(=O)c2ccc(Cl)cc2)c2ccccc2C(c2ccccc2)c2ccccc2)cc1. The smallest absolute Gasteiger partial charge is 0.193 e. The fourth-order valence-corrected chi connectivity index (χ4v) is 4.81. The van der Waals surface area contributed by atoms with Gasteiger partial charge in [0.05, 0.1) is 11.6 Å². The summed E-state index contributed by atoms with van der Waals surface area (Å²) in [7, 11) is 0. The van der Waals surface area contributed by atoms with Crippen LogP contribution >= 0.6 is 11.6 Å². The molecule has 2 nitrogen and oxygen atoms in total. The maximum absolute atomic E-state index is 14.1. The number of allylic oxidation sites excluding steroid dienone is 1. The van der Waals surface area contributed by atoms with Crippen molar-refractivity contribution in [3.8, 4) is 6.07 Å². The van der Waals surface area contributed by atoms with Gasteiger partial charge in [0.15, 0.2) is 5.78 Å². The molecule has 0 aliphatic carbocycles. The first-order valence-electron chi connectivity index (χ1n) is 12.4. The minimum absolute atomic E-state index is 0.0732. The van der Waals surface area contributed by atoms with Crippen LogP contribution in [0.2, 0.25) is 5.02 Å². The summed E-state index contributed by atoms with van der Waals surface area (Å²) in [5.74, 6) is -0.172. The first kappa shape index (κ1) is 25.0. The topological polar surface area (TPSA) is 40.9 Å². The molecular weight excluding hydrogens is 486 g/mol. The highest BCUT2D eigenvalue weighted by atomic mass is 35.5. The van der Waals surface area contributed by atoms with Crippen LogP contribution in [0.25, 0.3) is 11.6 Å². The van der Waals surface area contributed by atoms with Crippen LogP contribution in [0.1, 0.15) is 49.7 Å². The minimum Gasteiger partial charge on any atom is -0.289 e. The molecule has 0 aliphatic rings. The Morgan fingerprint density at radius 1 is 0.684 bits per heavy atom. The summed E-state index contributed by atoms with van der Waals surface area (Å²) in [5, 5.41) is 9.81. The Bertz CT molecular complexity index is 1570. The summed E-state index contributed by atoms with van der Waals surface area (Å²) in [6.07, 6.45) is 1.91. The van der Waals surface area contributed by atoms with Gasteiger partial charge < -0.3 is 0 Å². The van der Waals surface area contributed by atoms with Crippen LogP contribution in [0, 0.1) is 11.3 Å². The van der Waals surface area contributed by atoms with Crippen molar-refractivity contribution in [2.24, 2.45) is 0 Å². The Kier molecular flexibility index (Phi) is 7.59. The van der Waals surface area contributed by atoms with Gasteiger partial charge in [-0.3, -0.25) is 4.79 Å². The molecule has 0 N–H and O–H groups in total. The standard InChI is InChI=1S/C35H24ClNO/c36-30-21-19-29(20-22-30)35(38)33(23-25-15-17-26(24-37)18-16-25)31-13-7-8-14-32(31)34(27-9-3-1-4-10-27)28-11-5-2-6-12-28/h1-23,34H/b33-23+. The molecule has 0 amide bonds. The van der Waals surface area contributed by atoms with Gasteiger partial charge in [0.25, 0.3) is 0 Å². The van der Waals surface area contributed by atoms with Gasteiger partial charge in [-0.15, -0.1) is 0 Å². The highest BCUT2D eigenvalue weighted by molar-refractivity contribution is 6.33. The summed E-state index contributed by atoms with van der Waals surface area (Å²) in [6, 6.07) is 45.2. The van der Waals surface area contributed by atoms with E-state index in [9.17, 15) is 10.1 Å². The first-order chi connectivity index (χ1) is 18.6. The quantitative estimate of drug-likeness (QED) is 0.0951. The number of hydrogen-bond donors (Lipinski definition) is 0. The second kappa shape index (κ2) is 11.6. The zero-order valence-corrected chi connectivity index (χ0v) is 21.3. The van der Waals surface area contributed by atoms with Crippen LogP contribution in [-0.2, 0) is 0 Å². The second-order valence-corrected chi connectivity index (χ2v) is 9.41. The fourth-order valence-electron chi connectivity index (χ4n) is 4.68. The Hall–Kier alpha value is -4.71. The zero-order valence-electron chi connectivity index (χ0n) is 20.6. The summed E-state index contributed by atoms with van der Waals surface area (Å²) in [4.78, 5) is 14.1. The van der Waals surface area contributed by atoms with Crippen molar-refractivity contribution in [1.82, 2.24) is 0 Å². The molecule has 0 aromatic heterocycles. The molecule has 5 aromatic carbocycles. The van der Waals surface area contributed by atoms with E-state index >= 15 is 0 Å². The first-order valence-corrected chi connectivity index (χ1v) is 12.7. The number of nitrogens with zero attached hydrogens (tertiary/aromatic N) is 1. The molecule has 3 heteroatoms. The Labute approximate surface area is 228 Å². The number of carbonyl (C=O) groups excluding carboxylic acids is 1. The average Bonchev–Trinajstić information content (AvgIpc) is 2.98. The maximum atomic E-state index is 14.1. The van der Waals surface area contributed by atoms with Crippen LogP contribution in [0.5, 0.6) is 0 Å². The zero-order chi connectivity index (χ0) is 26.3. The molecule has 0 bridgehead atoms. The van der Waals surface area contributed by atoms with E-state index in [1.807, 2.05) is 72.8 Å². The van der Waals surface area contributed by atoms with E-state index in [0.29, 0.717) is 21.7 Å². The van der Waals surface area contributed by atoms with Crippen molar-refractivity contribution >= 4 is 29.0 Å². The molecule has 182 valence electrons. The second-order valence-electron chi connectivity index (χ2n) is 8.97. The van der Waals surface area contributed by atoms with Crippen molar-refractivity contribution in [2.75, 3.05) is 0 Å². The lowest BCUT2D eigenvalue weighted by Gasteiger charge is -2.23. The Morgan fingerprint density at radius 2 is 1.24 bits per heavy atom. The highest BCUT2D eigenvalue weighted by Crippen LogP contribution is 2.37. The van der Waals surface area contributed by atoms with Crippen molar-refractivity contribution in [2.45, 2.75) is 5.92 Å². The van der Waals surface area contributed by atoms with Crippen LogP contribution in [0.3, 0.4) is 0 Å². The van der Waals surface area contributed by atoms with Gasteiger partial charge >= 0.3 is 0 Å². The predicted octanol–water partition coefficient (Wildman–Crippen LogP) is 8.82. The molecule has 0 aliphatic heterocycles. The lowest BCUT2D eigenvalue weighted by Crippen LogP contribution is -2.10. The van der Waals surface area contributed by atoms with Crippen molar-refractivity contribution in [3.63, 3.8) is 0 Å². The Morgan fingerprint density at radius 3 is 1.82 bits per heavy atom. The van der Waals surface area contributed by atoms with E-state index in [2.05, 4.69) is 36.4 Å². The number of halogens is 1. The molecule has 0 spiro atoms. The number of ketones is 1. The fraction of sp³-hybridized carbons (Fsp3) is 0.0286. The largest absolute Gasteiger partial charge is 0.289 e. The number of hydrogen-bond acceptors (Lipinski definition) is 2. The van der Waals surface area contributed by atoms with Gasteiger partial charge in [0, 0.05) is 22.1 Å². The summed E-state index contributed by atoms with van der Waals surface area (Å²) in [5.41, 5.74) is 6.71. The van der Waals surface area contributed by atoms with Crippen molar-refractivity contribution in [1.29, 1.82) is 5.26 Å². The van der Waals surface area contributed by atoms with Gasteiger partial charge in [-0.1, -0.05) is 109 Å². The number of rotatable bonds is 7. The molecule has 5 aromatic rings. The number of benzene rings is 5. The molecule has 0 fully saturated rings. The van der Waals surface area contributed by atoms with Crippen LogP contribution < -0.4 is 0 Å². The van der Waals surface area contributed by atoms with E-state index in [4.69, 9.17) is 11.6 Å². The molecule has 0 heterocycles. The third-order valence-corrected chi connectivity index (χ3v) is 6.78. The van der Waals surface area contributed by atoms with Crippen LogP contribution in [0.4, 0.5) is 0 Å². The number of nitriles is 1. The van der Waals surface area contributed by atoms with Gasteiger partial charge in [-0.2, -0.15) is 5.26 Å². The molecule has 0 saturated heterocycles. The van der Waals surface area contributed by atoms with Crippen molar-refractivity contribution in [3.05, 3.63) is 177 Å². The molecule has 38 heavy (non-hydrogen) atoms. The normalized spacial score (nSPS) is 11.2. The predicted molar refractivity (Wildman–Crippen MR) is 155 cm³/mol. The molecule has 0 unspecified atom stereocenters. The molecule has 0 saturated carbocycles. The maximum Gasteiger partial charge on any atom is 0.193 e. The molecule has 5 rings (SSSR count). The highest BCUT2D eigenvalue weighted by Gasteiger charge is 2.24. The van der Waals surface area contributed by atoms with Crippen LogP contribution in [-0.4, -0.2) is 5.78 Å². The van der Waals surface area contributed by atoms with E-state index in [1.165, 1.54) is 0 Å². The van der Waals surface area contributed by atoms with Gasteiger partial charge in [0.2, 0.25) is 0 Å². The summed E-state index contributed by atoms with van der Waals surface area (Å²) < 4.78 is 0. The van der Waals surface area contributed by atoms with E-state index in [-0.39, 0.29) is 11.7 Å². The molecule has 0 atom stereocenters. The van der Waals surface area contributed by atoms with E-state index in [1.54, 1.807) is 36.4 Å². The molecule has 0 radical (unpaired) electrons. The molecular formula is C35H24ClNO. The van der Waals surface area contributed by atoms with Gasteiger partial charge in [-0.25, -0.2) is 0 Å². The Balaban J connectivity index is 1.73. The van der Waals surface area contributed by atoms with Gasteiger partial charge in [0.1, 0.15) is 0 Å². The summed E-state index contributed by atoms with van der Waals surface area (Å²) in [6.45, 7) is 0. The monoisotopic (exact) mass is 509 g/mol. The summed E-state index contributed by atoms with van der Waals surface area (Å²) >= 11 is 6.12. The lowest BCUT2D eigenvalue weighted by molar-refractivity contribution is 0.105. The number of carbonyl (C=O) groups is 1. The number of Topliss-reactive ketones (excluding diaryl/α,β-unsaturated/α-hetero) is 1.